The summed E-state index contributed by atoms with van der Waals surface area (Å²) in [6, 6.07) is 20.5. The van der Waals surface area contributed by atoms with Crippen molar-refractivity contribution in [2.45, 2.75) is 38.3 Å². The van der Waals surface area contributed by atoms with E-state index in [1.54, 1.807) is 0 Å². The average molecular weight is 251 g/mol. The Morgan fingerprint density at radius 2 is 1.74 bits per heavy atom. The minimum atomic E-state index is 0.400. The minimum absolute atomic E-state index is 0.400. The van der Waals surface area contributed by atoms with Crippen molar-refractivity contribution >= 4 is 0 Å². The van der Waals surface area contributed by atoms with Crippen molar-refractivity contribution in [3.05, 3.63) is 71.3 Å². The summed E-state index contributed by atoms with van der Waals surface area (Å²) in [6.45, 7) is 2.26. The minimum Gasteiger partial charge on any atom is -0.303 e. The maximum absolute atomic E-state index is 3.79. The van der Waals surface area contributed by atoms with Gasteiger partial charge in [0.1, 0.15) is 0 Å². The zero-order valence-electron chi connectivity index (χ0n) is 11.5. The number of fused-ring (bicyclic) bond motifs is 1. The van der Waals surface area contributed by atoms with Gasteiger partial charge in [-0.1, -0.05) is 54.6 Å². The molecular formula is C18H21N. The molecule has 1 aliphatic rings. The van der Waals surface area contributed by atoms with Crippen molar-refractivity contribution in [2.24, 2.45) is 0 Å². The molecule has 0 fully saturated rings. The number of nitrogens with one attached hydrogen (secondary N) is 1. The van der Waals surface area contributed by atoms with Gasteiger partial charge in [-0.3, -0.25) is 0 Å². The molecule has 0 radical (unpaired) electrons. The molecule has 2 aromatic rings. The fourth-order valence-corrected chi connectivity index (χ4v) is 3.07. The molecule has 3 rings (SSSR count). The van der Waals surface area contributed by atoms with Crippen molar-refractivity contribution in [3.8, 4) is 0 Å². The van der Waals surface area contributed by atoms with E-state index in [0.29, 0.717) is 12.1 Å². The monoisotopic (exact) mass is 251 g/mol. The number of hydrogen-bond acceptors (Lipinski definition) is 1. The van der Waals surface area contributed by atoms with Crippen LogP contribution in [-0.4, -0.2) is 0 Å². The van der Waals surface area contributed by atoms with Crippen LogP contribution in [0, 0.1) is 0 Å². The van der Waals surface area contributed by atoms with Gasteiger partial charge in [0, 0.05) is 12.1 Å². The highest BCUT2D eigenvalue weighted by Crippen LogP contribution is 2.31. The van der Waals surface area contributed by atoms with Crippen molar-refractivity contribution in [2.75, 3.05) is 0 Å². The van der Waals surface area contributed by atoms with Gasteiger partial charge >= 0.3 is 0 Å². The second-order valence-electron chi connectivity index (χ2n) is 5.44. The highest BCUT2D eigenvalue weighted by molar-refractivity contribution is 5.32. The Labute approximate surface area is 115 Å². The van der Waals surface area contributed by atoms with Gasteiger partial charge in [-0.2, -0.15) is 0 Å². The molecule has 2 unspecified atom stereocenters. The van der Waals surface area contributed by atoms with Gasteiger partial charge in [0.05, 0.1) is 0 Å². The normalized spacial score (nSPS) is 19.7. The molecule has 2 aromatic carbocycles. The van der Waals surface area contributed by atoms with E-state index < -0.39 is 0 Å². The maximum atomic E-state index is 3.79. The standard InChI is InChI=1S/C18H21N/c1-14(15-8-3-2-4-9-15)19-18-13-7-11-16-10-5-6-12-17(16)18/h2-6,8-10,12,14,18-19H,7,11,13H2,1H3. The van der Waals surface area contributed by atoms with Crippen LogP contribution in [0.15, 0.2) is 54.6 Å². The smallest absolute Gasteiger partial charge is 0.0328 e. The molecule has 0 aromatic heterocycles. The summed E-state index contributed by atoms with van der Waals surface area (Å²) in [7, 11) is 0. The zero-order chi connectivity index (χ0) is 13.1. The molecule has 19 heavy (non-hydrogen) atoms. The highest BCUT2D eigenvalue weighted by Gasteiger charge is 2.21. The SMILES string of the molecule is CC(NC1CCCc2ccccc21)c1ccccc1. The summed E-state index contributed by atoms with van der Waals surface area (Å²) in [5.41, 5.74) is 4.38. The van der Waals surface area contributed by atoms with Crippen LogP contribution < -0.4 is 5.32 Å². The highest BCUT2D eigenvalue weighted by atomic mass is 14.9. The third-order valence-corrected chi connectivity index (χ3v) is 4.12. The van der Waals surface area contributed by atoms with Gasteiger partial charge in [0.15, 0.2) is 0 Å². The van der Waals surface area contributed by atoms with Gasteiger partial charge in [-0.25, -0.2) is 0 Å². The predicted molar refractivity (Wildman–Crippen MR) is 80.1 cm³/mol. The predicted octanol–water partition coefficient (Wildman–Crippen LogP) is 4.41. The Bertz CT molecular complexity index is 532. The Kier molecular flexibility index (Phi) is 3.65. The van der Waals surface area contributed by atoms with Crippen LogP contribution in [0.3, 0.4) is 0 Å². The van der Waals surface area contributed by atoms with Crippen molar-refractivity contribution < 1.29 is 0 Å². The lowest BCUT2D eigenvalue weighted by molar-refractivity contribution is 0.415. The first-order valence-corrected chi connectivity index (χ1v) is 7.23. The van der Waals surface area contributed by atoms with E-state index in [1.165, 1.54) is 36.0 Å². The summed E-state index contributed by atoms with van der Waals surface area (Å²) in [5, 5.41) is 3.79. The third-order valence-electron chi connectivity index (χ3n) is 4.12. The Hall–Kier alpha value is -1.60. The van der Waals surface area contributed by atoms with Crippen LogP contribution in [0.4, 0.5) is 0 Å². The lowest BCUT2D eigenvalue weighted by atomic mass is 9.87. The van der Waals surface area contributed by atoms with Gasteiger partial charge in [-0.05, 0) is 42.9 Å². The van der Waals surface area contributed by atoms with E-state index in [0.717, 1.165) is 0 Å². The Morgan fingerprint density at radius 3 is 2.58 bits per heavy atom. The summed E-state index contributed by atoms with van der Waals surface area (Å²) in [5.74, 6) is 0. The summed E-state index contributed by atoms with van der Waals surface area (Å²) in [4.78, 5) is 0. The molecule has 98 valence electrons. The number of aryl methyl sites for hydroxylation is 1. The first-order valence-electron chi connectivity index (χ1n) is 7.23. The Balaban J connectivity index is 1.78. The zero-order valence-corrected chi connectivity index (χ0v) is 11.5. The molecule has 1 aliphatic carbocycles. The second kappa shape index (κ2) is 5.58. The molecule has 0 aliphatic heterocycles. The second-order valence-corrected chi connectivity index (χ2v) is 5.44. The van der Waals surface area contributed by atoms with Gasteiger partial charge in [0.25, 0.3) is 0 Å². The lowest BCUT2D eigenvalue weighted by Gasteiger charge is -2.29. The molecule has 1 N–H and O–H groups in total. The average Bonchev–Trinajstić information content (AvgIpc) is 2.48. The fraction of sp³-hybridized carbons (Fsp3) is 0.333. The van der Waals surface area contributed by atoms with Crippen LogP contribution in [0.25, 0.3) is 0 Å². The molecule has 2 atom stereocenters. The topological polar surface area (TPSA) is 12.0 Å². The van der Waals surface area contributed by atoms with Crippen molar-refractivity contribution in [3.63, 3.8) is 0 Å². The lowest BCUT2D eigenvalue weighted by Crippen LogP contribution is -2.27. The summed E-state index contributed by atoms with van der Waals surface area (Å²) in [6.07, 6.45) is 3.76. The molecule has 1 nitrogen and oxygen atoms in total. The van der Waals surface area contributed by atoms with Gasteiger partial charge in [-0.15, -0.1) is 0 Å². The molecule has 0 bridgehead atoms. The maximum Gasteiger partial charge on any atom is 0.0328 e. The quantitative estimate of drug-likeness (QED) is 0.851. The van der Waals surface area contributed by atoms with Crippen LogP contribution in [0.1, 0.15) is 48.5 Å². The Morgan fingerprint density at radius 1 is 1.00 bits per heavy atom. The van der Waals surface area contributed by atoms with E-state index in [4.69, 9.17) is 0 Å². The first kappa shape index (κ1) is 12.4. The first-order chi connectivity index (χ1) is 9.34. The molecule has 0 heterocycles. The number of hydrogen-bond donors (Lipinski definition) is 1. The summed E-state index contributed by atoms with van der Waals surface area (Å²) >= 11 is 0. The van der Waals surface area contributed by atoms with E-state index in [1.807, 2.05) is 0 Å². The van der Waals surface area contributed by atoms with Gasteiger partial charge < -0.3 is 5.32 Å². The van der Waals surface area contributed by atoms with Gasteiger partial charge in [0.2, 0.25) is 0 Å². The van der Waals surface area contributed by atoms with Crippen LogP contribution in [0.5, 0.6) is 0 Å². The molecule has 0 saturated carbocycles. The number of rotatable bonds is 3. The largest absolute Gasteiger partial charge is 0.303 e. The van der Waals surface area contributed by atoms with Crippen molar-refractivity contribution in [1.82, 2.24) is 5.32 Å². The summed E-state index contributed by atoms with van der Waals surface area (Å²) < 4.78 is 0. The molecule has 0 saturated heterocycles. The molecule has 0 spiro atoms. The third kappa shape index (κ3) is 2.71. The fourth-order valence-electron chi connectivity index (χ4n) is 3.07. The van der Waals surface area contributed by atoms with E-state index in [-0.39, 0.29) is 0 Å². The molecular weight excluding hydrogens is 230 g/mol. The van der Waals surface area contributed by atoms with E-state index >= 15 is 0 Å². The van der Waals surface area contributed by atoms with Crippen LogP contribution >= 0.6 is 0 Å². The van der Waals surface area contributed by atoms with Crippen molar-refractivity contribution in [1.29, 1.82) is 0 Å². The van der Waals surface area contributed by atoms with E-state index in [2.05, 4.69) is 66.8 Å². The van der Waals surface area contributed by atoms with E-state index in [9.17, 15) is 0 Å². The van der Waals surface area contributed by atoms with Crippen LogP contribution in [-0.2, 0) is 6.42 Å². The van der Waals surface area contributed by atoms with Crippen LogP contribution in [0.2, 0.25) is 0 Å². The molecule has 0 amide bonds. The molecule has 1 heteroatoms. The number of benzene rings is 2.